The average Bonchev–Trinajstić information content (AvgIpc) is 2.73. The molecule has 0 bridgehead atoms. The molecule has 1 atom stereocenters. The summed E-state index contributed by atoms with van der Waals surface area (Å²) < 4.78 is 0. The largest absolute Gasteiger partial charge is 0.309 e. The molecule has 2 rings (SSSR count). The van der Waals surface area contributed by atoms with Gasteiger partial charge in [-0.25, -0.2) is 0 Å². The van der Waals surface area contributed by atoms with E-state index in [-0.39, 0.29) is 0 Å². The van der Waals surface area contributed by atoms with Gasteiger partial charge in [-0.05, 0) is 30.4 Å². The van der Waals surface area contributed by atoms with E-state index in [0.29, 0.717) is 11.5 Å². The zero-order valence-electron chi connectivity index (χ0n) is 9.17. The van der Waals surface area contributed by atoms with Gasteiger partial charge >= 0.3 is 0 Å². The lowest BCUT2D eigenvalue weighted by atomic mass is 10.1. The van der Waals surface area contributed by atoms with Crippen LogP contribution in [0.1, 0.15) is 31.5 Å². The Labute approximate surface area is 85.7 Å². The van der Waals surface area contributed by atoms with Crippen LogP contribution in [0.4, 0.5) is 0 Å². The molecule has 1 fully saturated rings. The lowest BCUT2D eigenvalue weighted by Crippen LogP contribution is -2.20. The van der Waals surface area contributed by atoms with Crippen LogP contribution in [0.2, 0.25) is 0 Å². The van der Waals surface area contributed by atoms with Crippen LogP contribution in [-0.2, 0) is 6.54 Å². The van der Waals surface area contributed by atoms with E-state index in [9.17, 15) is 0 Å². The van der Waals surface area contributed by atoms with Gasteiger partial charge in [0.05, 0.1) is 0 Å². The third-order valence-corrected chi connectivity index (χ3v) is 3.17. The first kappa shape index (κ1) is 9.66. The summed E-state index contributed by atoms with van der Waals surface area (Å²) >= 11 is 0. The van der Waals surface area contributed by atoms with Gasteiger partial charge in [-0.3, -0.25) is 4.98 Å². The highest BCUT2D eigenvalue weighted by atomic mass is 15.0. The fraction of sp³-hybridized carbons (Fsp3) is 0.583. The van der Waals surface area contributed by atoms with E-state index < -0.39 is 0 Å². The zero-order valence-corrected chi connectivity index (χ0v) is 9.17. The lowest BCUT2D eigenvalue weighted by molar-refractivity contribution is 0.541. The summed E-state index contributed by atoms with van der Waals surface area (Å²) in [6.07, 6.45) is 3.15. The molecule has 0 aliphatic heterocycles. The van der Waals surface area contributed by atoms with E-state index >= 15 is 0 Å². The number of hydrogen-bond acceptors (Lipinski definition) is 2. The monoisotopic (exact) mass is 190 g/mol. The van der Waals surface area contributed by atoms with Crippen molar-refractivity contribution in [1.29, 1.82) is 0 Å². The zero-order chi connectivity index (χ0) is 10.2. The van der Waals surface area contributed by atoms with E-state index in [1.807, 2.05) is 12.3 Å². The molecule has 0 amide bonds. The SMILES string of the molecule is Cc1ncccc1CNC1CC1(C)C. The van der Waals surface area contributed by atoms with Gasteiger partial charge in [0.2, 0.25) is 0 Å². The smallest absolute Gasteiger partial charge is 0.0417 e. The first-order valence-corrected chi connectivity index (χ1v) is 5.23. The molecule has 2 heteroatoms. The Bertz CT molecular complexity index is 331. The van der Waals surface area contributed by atoms with E-state index in [0.717, 1.165) is 12.2 Å². The van der Waals surface area contributed by atoms with Gasteiger partial charge in [-0.2, -0.15) is 0 Å². The highest BCUT2D eigenvalue weighted by molar-refractivity contribution is 5.18. The van der Waals surface area contributed by atoms with Crippen molar-refractivity contribution < 1.29 is 0 Å². The summed E-state index contributed by atoms with van der Waals surface area (Å²) in [6.45, 7) is 7.63. The van der Waals surface area contributed by atoms with Gasteiger partial charge in [0, 0.05) is 24.5 Å². The van der Waals surface area contributed by atoms with Crippen molar-refractivity contribution in [2.45, 2.75) is 39.8 Å². The van der Waals surface area contributed by atoms with Crippen molar-refractivity contribution in [2.75, 3.05) is 0 Å². The molecule has 0 saturated heterocycles. The molecule has 0 spiro atoms. The van der Waals surface area contributed by atoms with Gasteiger partial charge in [0.25, 0.3) is 0 Å². The van der Waals surface area contributed by atoms with Gasteiger partial charge < -0.3 is 5.32 Å². The van der Waals surface area contributed by atoms with Crippen LogP contribution in [-0.4, -0.2) is 11.0 Å². The lowest BCUT2D eigenvalue weighted by Gasteiger charge is -2.08. The Hall–Kier alpha value is -0.890. The predicted octanol–water partition coefficient (Wildman–Crippen LogP) is 2.28. The average molecular weight is 190 g/mol. The maximum atomic E-state index is 4.27. The van der Waals surface area contributed by atoms with Gasteiger partial charge in [-0.15, -0.1) is 0 Å². The van der Waals surface area contributed by atoms with Crippen molar-refractivity contribution in [1.82, 2.24) is 10.3 Å². The second kappa shape index (κ2) is 3.35. The summed E-state index contributed by atoms with van der Waals surface area (Å²) in [7, 11) is 0. The van der Waals surface area contributed by atoms with E-state index in [4.69, 9.17) is 0 Å². The second-order valence-corrected chi connectivity index (χ2v) is 4.87. The summed E-state index contributed by atoms with van der Waals surface area (Å²) in [4.78, 5) is 4.27. The molecule has 1 heterocycles. The van der Waals surface area contributed by atoms with Crippen LogP contribution >= 0.6 is 0 Å². The molecule has 2 nitrogen and oxygen atoms in total. The van der Waals surface area contributed by atoms with Crippen molar-refractivity contribution in [3.05, 3.63) is 29.6 Å². The number of aromatic nitrogens is 1. The highest BCUT2D eigenvalue weighted by Crippen LogP contribution is 2.44. The fourth-order valence-electron chi connectivity index (χ4n) is 1.75. The summed E-state index contributed by atoms with van der Waals surface area (Å²) in [6, 6.07) is 4.84. The van der Waals surface area contributed by atoms with Gasteiger partial charge in [-0.1, -0.05) is 19.9 Å². The number of nitrogens with one attached hydrogen (secondary N) is 1. The van der Waals surface area contributed by atoms with Crippen molar-refractivity contribution >= 4 is 0 Å². The number of aryl methyl sites for hydroxylation is 1. The molecule has 1 unspecified atom stereocenters. The van der Waals surface area contributed by atoms with Crippen LogP contribution in [0.25, 0.3) is 0 Å². The van der Waals surface area contributed by atoms with Crippen molar-refractivity contribution in [2.24, 2.45) is 5.41 Å². The van der Waals surface area contributed by atoms with Crippen LogP contribution in [0, 0.1) is 12.3 Å². The predicted molar refractivity (Wildman–Crippen MR) is 58.0 cm³/mol. The summed E-state index contributed by atoms with van der Waals surface area (Å²) in [5.74, 6) is 0. The minimum absolute atomic E-state index is 0.510. The molecule has 1 N–H and O–H groups in total. The molecule has 1 saturated carbocycles. The van der Waals surface area contributed by atoms with E-state index in [1.165, 1.54) is 12.0 Å². The highest BCUT2D eigenvalue weighted by Gasteiger charge is 2.44. The Balaban J connectivity index is 1.90. The molecule has 1 aliphatic rings. The minimum atomic E-state index is 0.510. The Morgan fingerprint density at radius 2 is 2.29 bits per heavy atom. The minimum Gasteiger partial charge on any atom is -0.309 e. The summed E-state index contributed by atoms with van der Waals surface area (Å²) in [5, 5.41) is 3.56. The van der Waals surface area contributed by atoms with Crippen LogP contribution < -0.4 is 5.32 Å². The van der Waals surface area contributed by atoms with Crippen LogP contribution in [0.5, 0.6) is 0 Å². The first-order valence-electron chi connectivity index (χ1n) is 5.23. The van der Waals surface area contributed by atoms with Gasteiger partial charge in [0.15, 0.2) is 0 Å². The number of nitrogens with zero attached hydrogens (tertiary/aromatic N) is 1. The van der Waals surface area contributed by atoms with E-state index in [2.05, 4.69) is 37.1 Å². The third kappa shape index (κ3) is 1.95. The topological polar surface area (TPSA) is 24.9 Å². The normalized spacial score (nSPS) is 23.5. The number of pyridine rings is 1. The standard InChI is InChI=1S/C12H18N2/c1-9-10(5-4-6-13-9)8-14-11-7-12(11,2)3/h4-6,11,14H,7-8H2,1-3H3. The molecule has 1 aliphatic carbocycles. The number of hydrogen-bond donors (Lipinski definition) is 1. The van der Waals surface area contributed by atoms with Crippen molar-refractivity contribution in [3.63, 3.8) is 0 Å². The molecule has 1 aromatic rings. The Kier molecular flexibility index (Phi) is 2.31. The fourth-order valence-corrected chi connectivity index (χ4v) is 1.75. The van der Waals surface area contributed by atoms with E-state index in [1.54, 1.807) is 0 Å². The maximum Gasteiger partial charge on any atom is 0.0417 e. The van der Waals surface area contributed by atoms with Crippen LogP contribution in [0.3, 0.4) is 0 Å². The summed E-state index contributed by atoms with van der Waals surface area (Å²) in [5.41, 5.74) is 2.96. The Morgan fingerprint density at radius 1 is 1.57 bits per heavy atom. The first-order chi connectivity index (χ1) is 6.59. The van der Waals surface area contributed by atoms with Gasteiger partial charge in [0.1, 0.15) is 0 Å². The quantitative estimate of drug-likeness (QED) is 0.791. The molecular weight excluding hydrogens is 172 g/mol. The Morgan fingerprint density at radius 3 is 2.86 bits per heavy atom. The molecule has 0 aromatic carbocycles. The molecule has 76 valence electrons. The van der Waals surface area contributed by atoms with Crippen LogP contribution in [0.15, 0.2) is 18.3 Å². The third-order valence-electron chi connectivity index (χ3n) is 3.17. The molecule has 1 aromatic heterocycles. The van der Waals surface area contributed by atoms with Crippen molar-refractivity contribution in [3.8, 4) is 0 Å². The molecule has 0 radical (unpaired) electrons. The molecular formula is C12H18N2. The number of rotatable bonds is 3. The second-order valence-electron chi connectivity index (χ2n) is 4.87. The molecule has 14 heavy (non-hydrogen) atoms. The maximum absolute atomic E-state index is 4.27.